The third kappa shape index (κ3) is 4.00. The third-order valence-electron chi connectivity index (χ3n) is 4.15. The lowest BCUT2D eigenvalue weighted by Gasteiger charge is -2.17. The van der Waals surface area contributed by atoms with E-state index in [9.17, 15) is 9.59 Å². The van der Waals surface area contributed by atoms with Crippen molar-refractivity contribution >= 4 is 62.3 Å². The number of hydrogen-bond donors (Lipinski definition) is 1. The third-order valence-corrected chi connectivity index (χ3v) is 5.37. The molecule has 1 fully saturated rings. The van der Waals surface area contributed by atoms with Crippen LogP contribution < -0.4 is 10.2 Å². The zero-order valence-corrected chi connectivity index (χ0v) is 16.5. The number of anilines is 2. The molecule has 2 aromatic carbocycles. The van der Waals surface area contributed by atoms with Crippen LogP contribution in [0.2, 0.25) is 10.0 Å². The second kappa shape index (κ2) is 7.36. The fraction of sp³-hybridized carbons (Fsp3) is 0.222. The molecule has 1 saturated heterocycles. The summed E-state index contributed by atoms with van der Waals surface area (Å²) in [6.07, 6.45) is 0.158. The summed E-state index contributed by atoms with van der Waals surface area (Å²) in [5.41, 5.74) is 2.17. The van der Waals surface area contributed by atoms with Crippen LogP contribution in [0.4, 0.5) is 11.4 Å². The highest BCUT2D eigenvalue weighted by Gasteiger charge is 2.35. The lowest BCUT2D eigenvalue weighted by molar-refractivity contribution is -0.122. The molecule has 4 nitrogen and oxygen atoms in total. The minimum atomic E-state index is -0.438. The molecule has 25 heavy (non-hydrogen) atoms. The van der Waals surface area contributed by atoms with Gasteiger partial charge in [-0.15, -0.1) is 0 Å². The lowest BCUT2D eigenvalue weighted by Crippen LogP contribution is -2.28. The maximum absolute atomic E-state index is 12.5. The SMILES string of the molecule is Cc1ccc(N2C[C@H](C(=O)Nc3ccc(Br)cc3Cl)CC2=O)cc1Cl. The first-order valence-electron chi connectivity index (χ1n) is 7.67. The summed E-state index contributed by atoms with van der Waals surface area (Å²) in [5.74, 6) is -0.757. The van der Waals surface area contributed by atoms with Gasteiger partial charge in [0.2, 0.25) is 11.8 Å². The first kappa shape index (κ1) is 18.2. The van der Waals surface area contributed by atoms with Crippen molar-refractivity contribution in [2.24, 2.45) is 5.92 Å². The zero-order valence-electron chi connectivity index (χ0n) is 13.4. The number of hydrogen-bond acceptors (Lipinski definition) is 2. The Balaban J connectivity index is 1.73. The molecule has 0 aromatic heterocycles. The molecule has 1 aliphatic rings. The van der Waals surface area contributed by atoms with Crippen LogP contribution in [0.15, 0.2) is 40.9 Å². The van der Waals surface area contributed by atoms with Gasteiger partial charge < -0.3 is 10.2 Å². The van der Waals surface area contributed by atoms with E-state index < -0.39 is 5.92 Å². The normalized spacial score (nSPS) is 17.0. The van der Waals surface area contributed by atoms with E-state index in [0.29, 0.717) is 28.0 Å². The molecule has 130 valence electrons. The van der Waals surface area contributed by atoms with Gasteiger partial charge in [-0.2, -0.15) is 0 Å². The number of halogens is 3. The molecular weight excluding hydrogens is 427 g/mol. The van der Waals surface area contributed by atoms with Crippen LogP contribution in [0.1, 0.15) is 12.0 Å². The molecule has 1 N–H and O–H groups in total. The van der Waals surface area contributed by atoms with Crippen molar-refractivity contribution in [3.63, 3.8) is 0 Å². The molecule has 2 amide bonds. The monoisotopic (exact) mass is 440 g/mol. The van der Waals surface area contributed by atoms with Crippen molar-refractivity contribution in [1.82, 2.24) is 0 Å². The van der Waals surface area contributed by atoms with E-state index >= 15 is 0 Å². The first-order chi connectivity index (χ1) is 11.8. The van der Waals surface area contributed by atoms with Gasteiger partial charge in [0.1, 0.15) is 0 Å². The van der Waals surface area contributed by atoms with Gasteiger partial charge in [-0.3, -0.25) is 9.59 Å². The van der Waals surface area contributed by atoms with E-state index in [1.807, 2.05) is 19.1 Å². The Morgan fingerprint density at radius 1 is 1.20 bits per heavy atom. The largest absolute Gasteiger partial charge is 0.324 e. The smallest absolute Gasteiger partial charge is 0.229 e. The molecule has 3 rings (SSSR count). The Labute approximate surface area is 164 Å². The van der Waals surface area contributed by atoms with Crippen molar-refractivity contribution < 1.29 is 9.59 Å². The molecular formula is C18H15BrCl2N2O2. The molecule has 0 radical (unpaired) electrons. The second-order valence-electron chi connectivity index (χ2n) is 5.95. The Kier molecular flexibility index (Phi) is 5.37. The number of nitrogens with zero attached hydrogens (tertiary/aromatic N) is 1. The highest BCUT2D eigenvalue weighted by molar-refractivity contribution is 9.10. The van der Waals surface area contributed by atoms with Crippen molar-refractivity contribution in [1.29, 1.82) is 0 Å². The van der Waals surface area contributed by atoms with Crippen LogP contribution in [0.3, 0.4) is 0 Å². The summed E-state index contributed by atoms with van der Waals surface area (Å²) in [5, 5.41) is 3.83. The number of carbonyl (C=O) groups excluding carboxylic acids is 2. The molecule has 0 unspecified atom stereocenters. The molecule has 1 atom stereocenters. The van der Waals surface area contributed by atoms with Crippen LogP contribution in [0.25, 0.3) is 0 Å². The van der Waals surface area contributed by atoms with E-state index in [4.69, 9.17) is 23.2 Å². The molecule has 0 saturated carbocycles. The van der Waals surface area contributed by atoms with Gasteiger partial charge in [-0.05, 0) is 42.8 Å². The van der Waals surface area contributed by atoms with Gasteiger partial charge in [-0.25, -0.2) is 0 Å². The molecule has 7 heteroatoms. The molecule has 0 bridgehead atoms. The minimum Gasteiger partial charge on any atom is -0.324 e. The summed E-state index contributed by atoms with van der Waals surface area (Å²) in [7, 11) is 0. The summed E-state index contributed by atoms with van der Waals surface area (Å²) < 4.78 is 0.828. The topological polar surface area (TPSA) is 49.4 Å². The highest BCUT2D eigenvalue weighted by atomic mass is 79.9. The Morgan fingerprint density at radius 2 is 1.96 bits per heavy atom. The fourth-order valence-electron chi connectivity index (χ4n) is 2.71. The quantitative estimate of drug-likeness (QED) is 0.723. The van der Waals surface area contributed by atoms with Gasteiger partial charge in [-0.1, -0.05) is 45.2 Å². The molecule has 2 aromatic rings. The maximum atomic E-state index is 12.5. The number of aryl methyl sites for hydroxylation is 1. The standard InChI is InChI=1S/C18H15BrCl2N2O2/c1-10-2-4-13(8-14(10)20)23-9-11(6-17(23)24)18(25)22-16-5-3-12(19)7-15(16)21/h2-5,7-8,11H,6,9H2,1H3,(H,22,25)/t11-/m1/s1. The molecule has 0 aliphatic carbocycles. The average molecular weight is 442 g/mol. The summed E-state index contributed by atoms with van der Waals surface area (Å²) >= 11 is 15.6. The number of carbonyl (C=O) groups is 2. The average Bonchev–Trinajstić information content (AvgIpc) is 2.95. The van der Waals surface area contributed by atoms with Crippen LogP contribution in [-0.2, 0) is 9.59 Å². The number of rotatable bonds is 3. The second-order valence-corrected chi connectivity index (χ2v) is 7.68. The van der Waals surface area contributed by atoms with Crippen LogP contribution >= 0.6 is 39.1 Å². The number of benzene rings is 2. The minimum absolute atomic E-state index is 0.0954. The number of nitrogens with one attached hydrogen (secondary N) is 1. The van der Waals surface area contributed by atoms with Crippen molar-refractivity contribution in [2.75, 3.05) is 16.8 Å². The van der Waals surface area contributed by atoms with Crippen LogP contribution in [0.5, 0.6) is 0 Å². The van der Waals surface area contributed by atoms with E-state index in [1.54, 1.807) is 29.2 Å². The highest BCUT2D eigenvalue weighted by Crippen LogP contribution is 2.30. The fourth-order valence-corrected chi connectivity index (χ4v) is 3.60. The van der Waals surface area contributed by atoms with Crippen LogP contribution in [0, 0.1) is 12.8 Å². The van der Waals surface area contributed by atoms with Gasteiger partial charge in [0.05, 0.1) is 16.6 Å². The van der Waals surface area contributed by atoms with Gasteiger partial charge in [0.15, 0.2) is 0 Å². The van der Waals surface area contributed by atoms with Gasteiger partial charge in [0.25, 0.3) is 0 Å². The van der Waals surface area contributed by atoms with Gasteiger partial charge in [0, 0.05) is 28.1 Å². The van der Waals surface area contributed by atoms with Gasteiger partial charge >= 0.3 is 0 Å². The Bertz CT molecular complexity index is 857. The maximum Gasteiger partial charge on any atom is 0.229 e. The predicted molar refractivity (Wildman–Crippen MR) is 104 cm³/mol. The Morgan fingerprint density at radius 3 is 2.64 bits per heavy atom. The first-order valence-corrected chi connectivity index (χ1v) is 9.22. The zero-order chi connectivity index (χ0) is 18.1. The van der Waals surface area contributed by atoms with Crippen LogP contribution in [-0.4, -0.2) is 18.4 Å². The van der Waals surface area contributed by atoms with Crippen molar-refractivity contribution in [2.45, 2.75) is 13.3 Å². The number of amides is 2. The summed E-state index contributed by atoms with van der Waals surface area (Å²) in [6, 6.07) is 10.7. The Hall–Kier alpha value is -1.56. The molecule has 0 spiro atoms. The van der Waals surface area contributed by atoms with Crippen molar-refractivity contribution in [3.8, 4) is 0 Å². The lowest BCUT2D eigenvalue weighted by atomic mass is 10.1. The predicted octanol–water partition coefficient (Wildman–Crippen LogP) is 5.06. The van der Waals surface area contributed by atoms with E-state index in [1.165, 1.54) is 0 Å². The van der Waals surface area contributed by atoms with E-state index in [2.05, 4.69) is 21.2 Å². The van der Waals surface area contributed by atoms with Crippen molar-refractivity contribution in [3.05, 3.63) is 56.5 Å². The van der Waals surface area contributed by atoms with E-state index in [-0.39, 0.29) is 18.2 Å². The molecule has 1 aliphatic heterocycles. The molecule has 1 heterocycles. The summed E-state index contributed by atoms with van der Waals surface area (Å²) in [6.45, 7) is 2.22. The summed E-state index contributed by atoms with van der Waals surface area (Å²) in [4.78, 5) is 26.4. The van der Waals surface area contributed by atoms with E-state index in [0.717, 1.165) is 10.0 Å².